The van der Waals surface area contributed by atoms with Crippen molar-refractivity contribution in [3.8, 4) is 0 Å². The van der Waals surface area contributed by atoms with Gasteiger partial charge in [0.1, 0.15) is 6.10 Å². The molecule has 0 fully saturated rings. The lowest BCUT2D eigenvalue weighted by molar-refractivity contribution is -0.151. The number of carbonyl (C=O) groups excluding carboxylic acids is 2. The Morgan fingerprint density at radius 3 is 1.29 bits per heavy atom. The van der Waals surface area contributed by atoms with E-state index in [2.05, 4.69) is 38.2 Å². The summed E-state index contributed by atoms with van der Waals surface area (Å²) in [7, 11) is 0. The summed E-state index contributed by atoms with van der Waals surface area (Å²) in [5, 5.41) is 23.6. The lowest BCUT2D eigenvalue weighted by Crippen LogP contribution is -2.46. The van der Waals surface area contributed by atoms with Crippen LogP contribution in [0, 0.1) is 0 Å². The van der Waals surface area contributed by atoms with E-state index in [1.54, 1.807) is 0 Å². The molecule has 0 aliphatic rings. The monoisotopic (exact) mass is 778 g/mol. The summed E-state index contributed by atoms with van der Waals surface area (Å²) in [4.78, 5) is 26.0. The minimum atomic E-state index is -0.781. The van der Waals surface area contributed by atoms with E-state index in [0.29, 0.717) is 19.3 Å². The van der Waals surface area contributed by atoms with Crippen LogP contribution in [0.25, 0.3) is 0 Å². The molecule has 0 bridgehead atoms. The minimum Gasteiger partial charge on any atom is -0.462 e. The first kappa shape index (κ1) is 53.6. The van der Waals surface area contributed by atoms with Gasteiger partial charge in [-0.25, -0.2) is 0 Å². The summed E-state index contributed by atoms with van der Waals surface area (Å²) < 4.78 is 5.90. The number of nitrogens with one attached hydrogen (secondary N) is 1. The molecule has 3 unspecified atom stereocenters. The number of ether oxygens (including phenoxy) is 1. The van der Waals surface area contributed by atoms with E-state index in [0.717, 1.165) is 51.4 Å². The van der Waals surface area contributed by atoms with Gasteiger partial charge in [0.2, 0.25) is 5.91 Å². The SMILES string of the molecule is CCCCCCCCC/C=C/CCCCCCCC(=O)OC(CCCCCCCCCCC)CC(=O)NC(CO)C(O)CCCCCCCCCCCCC. The molecule has 55 heavy (non-hydrogen) atoms. The van der Waals surface area contributed by atoms with Crippen LogP contribution >= 0.6 is 0 Å². The minimum absolute atomic E-state index is 0.0803. The van der Waals surface area contributed by atoms with E-state index in [1.807, 2.05) is 0 Å². The first-order chi connectivity index (χ1) is 27.0. The second-order valence-corrected chi connectivity index (χ2v) is 16.9. The largest absolute Gasteiger partial charge is 0.462 e. The normalized spacial score (nSPS) is 13.3. The number of unbranched alkanes of at least 4 members (excludes halogenated alkanes) is 30. The van der Waals surface area contributed by atoms with E-state index < -0.39 is 18.2 Å². The van der Waals surface area contributed by atoms with Gasteiger partial charge in [0, 0.05) is 6.42 Å². The fraction of sp³-hybridized carbons (Fsp3) is 0.918. The predicted molar refractivity (Wildman–Crippen MR) is 237 cm³/mol. The highest BCUT2D eigenvalue weighted by Gasteiger charge is 2.24. The summed E-state index contributed by atoms with van der Waals surface area (Å²) >= 11 is 0. The Hall–Kier alpha value is -1.40. The molecule has 0 aromatic heterocycles. The molecule has 0 saturated heterocycles. The molecular weight excluding hydrogens is 683 g/mol. The highest BCUT2D eigenvalue weighted by Crippen LogP contribution is 2.18. The number of hydrogen-bond donors (Lipinski definition) is 3. The third kappa shape index (κ3) is 39.2. The van der Waals surface area contributed by atoms with Gasteiger partial charge < -0.3 is 20.3 Å². The standard InChI is InChI=1S/C49H95NO5/c1-4-7-10-13-16-19-21-22-23-24-25-27-30-33-36-39-42-49(54)55-45(40-37-34-31-28-18-15-12-9-6-3)43-48(53)50-46(44-51)47(52)41-38-35-32-29-26-20-17-14-11-8-5-2/h23-24,45-47,51-52H,4-22,25-44H2,1-3H3,(H,50,53)/b24-23+. The Kier molecular flexibility index (Phi) is 42.6. The molecule has 6 heteroatoms. The molecule has 0 rings (SSSR count). The number of esters is 1. The summed E-state index contributed by atoms with van der Waals surface area (Å²) in [6.45, 7) is 6.47. The molecule has 3 atom stereocenters. The first-order valence-electron chi connectivity index (χ1n) is 24.4. The smallest absolute Gasteiger partial charge is 0.306 e. The number of amides is 1. The van der Waals surface area contributed by atoms with Crippen molar-refractivity contribution < 1.29 is 24.5 Å². The molecule has 0 aromatic rings. The van der Waals surface area contributed by atoms with Crippen LogP contribution in [0.5, 0.6) is 0 Å². The average molecular weight is 778 g/mol. The summed E-state index contributed by atoms with van der Waals surface area (Å²) in [6.07, 6.45) is 47.0. The lowest BCUT2D eigenvalue weighted by Gasteiger charge is -2.24. The Morgan fingerprint density at radius 2 is 0.873 bits per heavy atom. The second-order valence-electron chi connectivity index (χ2n) is 16.9. The third-order valence-electron chi connectivity index (χ3n) is 11.3. The Labute approximate surface area is 342 Å². The topological polar surface area (TPSA) is 95.9 Å². The molecule has 6 nitrogen and oxygen atoms in total. The fourth-order valence-corrected chi connectivity index (χ4v) is 7.60. The number of rotatable bonds is 44. The van der Waals surface area contributed by atoms with Gasteiger partial charge in [0.15, 0.2) is 0 Å². The molecule has 0 heterocycles. The summed E-state index contributed by atoms with van der Waals surface area (Å²) in [5.41, 5.74) is 0. The van der Waals surface area contributed by atoms with Crippen molar-refractivity contribution in [1.29, 1.82) is 0 Å². The predicted octanol–water partition coefficient (Wildman–Crippen LogP) is 14.2. The molecular formula is C49H95NO5. The molecule has 0 aromatic carbocycles. The van der Waals surface area contributed by atoms with E-state index in [1.165, 1.54) is 167 Å². The van der Waals surface area contributed by atoms with Gasteiger partial charge >= 0.3 is 5.97 Å². The number of aliphatic hydroxyl groups is 2. The molecule has 0 aliphatic heterocycles. The van der Waals surface area contributed by atoms with Crippen molar-refractivity contribution in [2.45, 2.75) is 283 Å². The van der Waals surface area contributed by atoms with Crippen LogP contribution in [-0.2, 0) is 14.3 Å². The zero-order valence-electron chi connectivity index (χ0n) is 37.1. The van der Waals surface area contributed by atoms with Crippen molar-refractivity contribution in [1.82, 2.24) is 5.32 Å². The zero-order valence-corrected chi connectivity index (χ0v) is 37.1. The molecule has 3 N–H and O–H groups in total. The fourth-order valence-electron chi connectivity index (χ4n) is 7.60. The van der Waals surface area contributed by atoms with Crippen LogP contribution in [0.2, 0.25) is 0 Å². The van der Waals surface area contributed by atoms with Crippen molar-refractivity contribution in [2.24, 2.45) is 0 Å². The van der Waals surface area contributed by atoms with Crippen molar-refractivity contribution >= 4 is 11.9 Å². The van der Waals surface area contributed by atoms with Crippen LogP contribution < -0.4 is 5.32 Å². The van der Waals surface area contributed by atoms with Gasteiger partial charge in [0.05, 0.1) is 25.2 Å². The number of aliphatic hydroxyl groups excluding tert-OH is 2. The maximum absolute atomic E-state index is 13.1. The maximum Gasteiger partial charge on any atom is 0.306 e. The third-order valence-corrected chi connectivity index (χ3v) is 11.3. The van der Waals surface area contributed by atoms with Gasteiger partial charge in [-0.2, -0.15) is 0 Å². The van der Waals surface area contributed by atoms with Crippen LogP contribution in [0.3, 0.4) is 0 Å². The van der Waals surface area contributed by atoms with Crippen molar-refractivity contribution in [3.05, 3.63) is 12.2 Å². The van der Waals surface area contributed by atoms with Crippen LogP contribution in [0.15, 0.2) is 12.2 Å². The summed E-state index contributed by atoms with van der Waals surface area (Å²) in [6, 6.07) is -0.694. The van der Waals surface area contributed by atoms with Crippen LogP contribution in [0.1, 0.15) is 265 Å². The first-order valence-corrected chi connectivity index (χ1v) is 24.4. The molecule has 0 radical (unpaired) electrons. The van der Waals surface area contributed by atoms with Crippen molar-refractivity contribution in [2.75, 3.05) is 6.61 Å². The number of carbonyl (C=O) groups is 2. The second kappa shape index (κ2) is 43.7. The number of allylic oxidation sites excluding steroid dienone is 2. The van der Waals surface area contributed by atoms with E-state index in [-0.39, 0.29) is 24.9 Å². The maximum atomic E-state index is 13.1. The Bertz CT molecular complexity index is 832. The van der Waals surface area contributed by atoms with E-state index >= 15 is 0 Å². The summed E-state index contributed by atoms with van der Waals surface area (Å²) in [5.74, 6) is -0.473. The molecule has 0 aliphatic carbocycles. The lowest BCUT2D eigenvalue weighted by atomic mass is 10.0. The highest BCUT2D eigenvalue weighted by atomic mass is 16.5. The zero-order chi connectivity index (χ0) is 40.3. The average Bonchev–Trinajstić information content (AvgIpc) is 3.18. The highest BCUT2D eigenvalue weighted by molar-refractivity contribution is 5.77. The molecule has 1 amide bonds. The van der Waals surface area contributed by atoms with E-state index in [9.17, 15) is 19.8 Å². The van der Waals surface area contributed by atoms with Gasteiger partial charge in [-0.15, -0.1) is 0 Å². The van der Waals surface area contributed by atoms with Crippen LogP contribution in [0.4, 0.5) is 0 Å². The molecule has 326 valence electrons. The van der Waals surface area contributed by atoms with Gasteiger partial charge in [-0.1, -0.05) is 213 Å². The molecule has 0 saturated carbocycles. The quantitative estimate of drug-likeness (QED) is 0.0325. The van der Waals surface area contributed by atoms with Crippen molar-refractivity contribution in [3.63, 3.8) is 0 Å². The van der Waals surface area contributed by atoms with Gasteiger partial charge in [-0.05, 0) is 51.4 Å². The van der Waals surface area contributed by atoms with Crippen LogP contribution in [-0.4, -0.2) is 46.9 Å². The molecule has 0 spiro atoms. The Balaban J connectivity index is 4.47. The van der Waals surface area contributed by atoms with Gasteiger partial charge in [-0.3, -0.25) is 9.59 Å². The number of hydrogen-bond acceptors (Lipinski definition) is 5. The van der Waals surface area contributed by atoms with Gasteiger partial charge in [0.25, 0.3) is 0 Å². The Morgan fingerprint density at radius 1 is 0.509 bits per heavy atom. The van der Waals surface area contributed by atoms with E-state index in [4.69, 9.17) is 4.74 Å².